The molecule has 0 saturated carbocycles. The van der Waals surface area contributed by atoms with Crippen LogP contribution in [0.4, 0.5) is 5.69 Å². The van der Waals surface area contributed by atoms with E-state index >= 15 is 0 Å². The van der Waals surface area contributed by atoms with Gasteiger partial charge in [0.05, 0.1) is 0 Å². The SMILES string of the molecule is Cc1cc2oc3cc(O)c(N=O)cc3c2c(=O)o1. The summed E-state index contributed by atoms with van der Waals surface area (Å²) in [5, 5.41) is 12.8. The highest BCUT2D eigenvalue weighted by atomic mass is 16.4. The number of benzene rings is 1. The molecule has 6 nitrogen and oxygen atoms in total. The molecule has 0 aliphatic rings. The van der Waals surface area contributed by atoms with Crippen LogP contribution in [0.15, 0.2) is 37.0 Å². The van der Waals surface area contributed by atoms with E-state index in [1.165, 1.54) is 12.1 Å². The fourth-order valence-corrected chi connectivity index (χ4v) is 1.94. The smallest absolute Gasteiger partial charge is 0.347 e. The third kappa shape index (κ3) is 1.32. The molecule has 2 aromatic heterocycles. The third-order valence-electron chi connectivity index (χ3n) is 2.70. The number of aromatic hydroxyl groups is 1. The Morgan fingerprint density at radius 1 is 1.17 bits per heavy atom. The highest BCUT2D eigenvalue weighted by molar-refractivity contribution is 6.05. The number of fused-ring (bicyclic) bond motifs is 3. The Kier molecular flexibility index (Phi) is 2.00. The van der Waals surface area contributed by atoms with Crippen LogP contribution in [0.1, 0.15) is 5.76 Å². The molecule has 1 aromatic carbocycles. The van der Waals surface area contributed by atoms with Gasteiger partial charge < -0.3 is 13.9 Å². The molecule has 0 radical (unpaired) electrons. The van der Waals surface area contributed by atoms with E-state index in [1.54, 1.807) is 13.0 Å². The van der Waals surface area contributed by atoms with Crippen molar-refractivity contribution in [3.8, 4) is 5.75 Å². The van der Waals surface area contributed by atoms with Crippen molar-refractivity contribution in [2.45, 2.75) is 6.92 Å². The van der Waals surface area contributed by atoms with E-state index in [2.05, 4.69) is 5.18 Å². The van der Waals surface area contributed by atoms with Crippen molar-refractivity contribution in [2.75, 3.05) is 0 Å². The van der Waals surface area contributed by atoms with E-state index in [4.69, 9.17) is 8.83 Å². The Balaban J connectivity index is 2.57. The second-order valence-electron chi connectivity index (χ2n) is 3.91. The van der Waals surface area contributed by atoms with Gasteiger partial charge in [0.2, 0.25) is 0 Å². The molecule has 6 heteroatoms. The summed E-state index contributed by atoms with van der Waals surface area (Å²) in [7, 11) is 0. The number of hydrogen-bond acceptors (Lipinski definition) is 6. The van der Waals surface area contributed by atoms with E-state index in [1.807, 2.05) is 0 Å². The fourth-order valence-electron chi connectivity index (χ4n) is 1.94. The number of furan rings is 1. The molecule has 0 amide bonds. The molecule has 3 aromatic rings. The van der Waals surface area contributed by atoms with Crippen LogP contribution < -0.4 is 5.63 Å². The third-order valence-corrected chi connectivity index (χ3v) is 2.70. The van der Waals surface area contributed by atoms with Crippen molar-refractivity contribution >= 4 is 27.6 Å². The van der Waals surface area contributed by atoms with Crippen molar-refractivity contribution < 1.29 is 13.9 Å². The van der Waals surface area contributed by atoms with Crippen LogP contribution in [0.25, 0.3) is 21.9 Å². The average Bonchev–Trinajstić information content (AvgIpc) is 2.64. The van der Waals surface area contributed by atoms with Crippen LogP contribution in [0.2, 0.25) is 0 Å². The summed E-state index contributed by atoms with van der Waals surface area (Å²) in [6.07, 6.45) is 0. The van der Waals surface area contributed by atoms with E-state index < -0.39 is 5.63 Å². The summed E-state index contributed by atoms with van der Waals surface area (Å²) >= 11 is 0. The Bertz CT molecular complexity index is 843. The first-order valence-corrected chi connectivity index (χ1v) is 5.13. The second kappa shape index (κ2) is 3.43. The van der Waals surface area contributed by atoms with E-state index in [0.717, 1.165) is 0 Å². The zero-order chi connectivity index (χ0) is 12.9. The average molecular weight is 245 g/mol. The Morgan fingerprint density at radius 3 is 2.67 bits per heavy atom. The van der Waals surface area contributed by atoms with Crippen LogP contribution >= 0.6 is 0 Å². The maximum atomic E-state index is 11.8. The predicted octanol–water partition coefficient (Wildman–Crippen LogP) is 2.95. The normalized spacial score (nSPS) is 11.2. The maximum Gasteiger partial charge on any atom is 0.347 e. The number of nitroso groups, excluding NO2 is 1. The molecule has 0 saturated heterocycles. The quantitative estimate of drug-likeness (QED) is 0.665. The molecular formula is C12H7NO5. The van der Waals surface area contributed by atoms with Gasteiger partial charge in [-0.1, -0.05) is 0 Å². The molecule has 0 bridgehead atoms. The fraction of sp³-hybridized carbons (Fsp3) is 0.0833. The number of rotatable bonds is 1. The van der Waals surface area contributed by atoms with Gasteiger partial charge >= 0.3 is 5.63 Å². The minimum Gasteiger partial charge on any atom is -0.505 e. The van der Waals surface area contributed by atoms with Crippen LogP contribution in [-0.2, 0) is 0 Å². The van der Waals surface area contributed by atoms with E-state index in [9.17, 15) is 14.8 Å². The number of aryl methyl sites for hydroxylation is 1. The number of nitrogens with zero attached hydrogens (tertiary/aromatic N) is 1. The van der Waals surface area contributed by atoms with Gasteiger partial charge in [0.25, 0.3) is 0 Å². The lowest BCUT2D eigenvalue weighted by Gasteiger charge is -1.94. The number of phenolic OH excluding ortho intramolecular Hbond substituents is 1. The summed E-state index contributed by atoms with van der Waals surface area (Å²) in [4.78, 5) is 22.3. The molecule has 18 heavy (non-hydrogen) atoms. The minimum absolute atomic E-state index is 0.148. The zero-order valence-electron chi connectivity index (χ0n) is 9.26. The lowest BCUT2D eigenvalue weighted by atomic mass is 10.1. The summed E-state index contributed by atoms with van der Waals surface area (Å²) in [6.45, 7) is 1.63. The highest BCUT2D eigenvalue weighted by Gasteiger charge is 2.15. The summed E-state index contributed by atoms with van der Waals surface area (Å²) in [5.41, 5.74) is -0.0505. The van der Waals surface area contributed by atoms with Gasteiger partial charge in [-0.2, -0.15) is 0 Å². The Labute approximate surface area is 99.4 Å². The van der Waals surface area contributed by atoms with Gasteiger partial charge in [-0.25, -0.2) is 4.79 Å². The topological polar surface area (TPSA) is 93.0 Å². The van der Waals surface area contributed by atoms with Gasteiger partial charge in [0.1, 0.15) is 28.1 Å². The molecule has 1 N–H and O–H groups in total. The molecule has 2 heterocycles. The van der Waals surface area contributed by atoms with Gasteiger partial charge in [0, 0.05) is 17.5 Å². The monoisotopic (exact) mass is 245 g/mol. The second-order valence-corrected chi connectivity index (χ2v) is 3.91. The summed E-state index contributed by atoms with van der Waals surface area (Å²) in [5.74, 6) is 0.127. The molecule has 90 valence electrons. The predicted molar refractivity (Wildman–Crippen MR) is 64.1 cm³/mol. The number of phenols is 1. The highest BCUT2D eigenvalue weighted by Crippen LogP contribution is 2.35. The Morgan fingerprint density at radius 2 is 1.94 bits per heavy atom. The van der Waals surface area contributed by atoms with Crippen molar-refractivity contribution in [3.05, 3.63) is 39.3 Å². The van der Waals surface area contributed by atoms with E-state index in [-0.39, 0.29) is 16.8 Å². The van der Waals surface area contributed by atoms with Gasteiger partial charge in [-0.05, 0) is 18.2 Å². The molecular weight excluding hydrogens is 238 g/mol. The molecule has 3 rings (SSSR count). The summed E-state index contributed by atoms with van der Waals surface area (Å²) < 4.78 is 10.4. The van der Waals surface area contributed by atoms with E-state index in [0.29, 0.717) is 22.3 Å². The standard InChI is InChI=1S/C12H7NO5/c1-5-2-10-11(12(15)17-5)6-3-7(13-16)8(14)4-9(6)18-10/h2-4,14H,1H3. The zero-order valence-corrected chi connectivity index (χ0v) is 9.26. The minimum atomic E-state index is -0.550. The first kappa shape index (κ1) is 10.5. The van der Waals surface area contributed by atoms with Crippen molar-refractivity contribution in [1.82, 2.24) is 0 Å². The Hall–Kier alpha value is -2.63. The molecule has 0 fully saturated rings. The summed E-state index contributed by atoms with van der Waals surface area (Å²) in [6, 6.07) is 4.12. The molecule has 0 aliphatic heterocycles. The van der Waals surface area contributed by atoms with Crippen LogP contribution in [0.3, 0.4) is 0 Å². The lowest BCUT2D eigenvalue weighted by Crippen LogP contribution is -1.98. The number of hydrogen-bond donors (Lipinski definition) is 1. The lowest BCUT2D eigenvalue weighted by molar-refractivity contribution is 0.476. The maximum absolute atomic E-state index is 11.8. The van der Waals surface area contributed by atoms with Crippen molar-refractivity contribution in [1.29, 1.82) is 0 Å². The van der Waals surface area contributed by atoms with Crippen LogP contribution in [-0.4, -0.2) is 5.11 Å². The molecule has 0 spiro atoms. The van der Waals surface area contributed by atoms with Crippen molar-refractivity contribution in [3.63, 3.8) is 0 Å². The van der Waals surface area contributed by atoms with Gasteiger partial charge in [-0.15, -0.1) is 4.91 Å². The van der Waals surface area contributed by atoms with Gasteiger partial charge in [-0.3, -0.25) is 0 Å². The molecule has 0 atom stereocenters. The first-order valence-electron chi connectivity index (χ1n) is 5.13. The van der Waals surface area contributed by atoms with Gasteiger partial charge in [0.15, 0.2) is 5.69 Å². The van der Waals surface area contributed by atoms with Crippen LogP contribution in [0, 0.1) is 11.8 Å². The van der Waals surface area contributed by atoms with Crippen LogP contribution in [0.5, 0.6) is 5.75 Å². The largest absolute Gasteiger partial charge is 0.505 e. The van der Waals surface area contributed by atoms with Crippen molar-refractivity contribution in [2.24, 2.45) is 5.18 Å². The molecule has 0 aliphatic carbocycles. The first-order chi connectivity index (χ1) is 8.60. The molecule has 0 unspecified atom stereocenters.